The summed E-state index contributed by atoms with van der Waals surface area (Å²) in [5, 5.41) is 14.7. The Morgan fingerprint density at radius 3 is 2.39 bits per heavy atom. The van der Waals surface area contributed by atoms with Crippen molar-refractivity contribution < 1.29 is 24.2 Å². The molecule has 1 amide bonds. The van der Waals surface area contributed by atoms with E-state index in [4.69, 9.17) is 14.6 Å². The Kier molecular flexibility index (Phi) is 7.34. The number of amides is 1. The maximum absolute atomic E-state index is 12.2. The van der Waals surface area contributed by atoms with Gasteiger partial charge in [0.25, 0.3) is 0 Å². The van der Waals surface area contributed by atoms with Gasteiger partial charge in [-0.05, 0) is 25.5 Å². The number of methoxy groups -OCH3 is 2. The minimum absolute atomic E-state index is 0.320. The van der Waals surface area contributed by atoms with E-state index in [1.54, 1.807) is 25.1 Å². The number of carbonyl (C=O) groups is 2. The lowest BCUT2D eigenvalue weighted by Crippen LogP contribution is -2.47. The summed E-state index contributed by atoms with van der Waals surface area (Å²) < 4.78 is 10.3. The fourth-order valence-corrected chi connectivity index (χ4v) is 2.11. The third-order valence-corrected chi connectivity index (χ3v) is 3.37. The molecule has 7 heteroatoms. The van der Waals surface area contributed by atoms with Gasteiger partial charge in [0, 0.05) is 11.8 Å². The number of benzene rings is 1. The van der Waals surface area contributed by atoms with Gasteiger partial charge >= 0.3 is 5.97 Å². The van der Waals surface area contributed by atoms with Gasteiger partial charge in [0.1, 0.15) is 6.04 Å². The van der Waals surface area contributed by atoms with Crippen LogP contribution in [0.1, 0.15) is 26.7 Å². The Bertz CT molecular complexity index is 547. The van der Waals surface area contributed by atoms with Gasteiger partial charge < -0.3 is 19.9 Å². The summed E-state index contributed by atoms with van der Waals surface area (Å²) in [5.41, 5.74) is 0.545. The summed E-state index contributed by atoms with van der Waals surface area (Å²) in [7, 11) is 3.04. The van der Waals surface area contributed by atoms with Crippen LogP contribution in [0.4, 0.5) is 5.69 Å². The molecular formula is C16H24N2O5. The molecule has 0 bridgehead atoms. The molecule has 0 heterocycles. The molecule has 0 aliphatic heterocycles. The molecule has 1 aromatic rings. The van der Waals surface area contributed by atoms with Crippen LogP contribution in [0.5, 0.6) is 11.5 Å². The fourth-order valence-electron chi connectivity index (χ4n) is 2.11. The van der Waals surface area contributed by atoms with Gasteiger partial charge in [0.15, 0.2) is 11.5 Å². The number of hydrogen-bond acceptors (Lipinski definition) is 5. The fraction of sp³-hybridized carbons (Fsp3) is 0.500. The summed E-state index contributed by atoms with van der Waals surface area (Å²) in [6.07, 6.45) is 1.18. The Balaban J connectivity index is 2.73. The van der Waals surface area contributed by atoms with Crippen molar-refractivity contribution in [3.8, 4) is 11.5 Å². The van der Waals surface area contributed by atoms with Gasteiger partial charge in [-0.3, -0.25) is 14.9 Å². The molecule has 23 heavy (non-hydrogen) atoms. The second-order valence-electron chi connectivity index (χ2n) is 5.13. The summed E-state index contributed by atoms with van der Waals surface area (Å²) in [6, 6.07) is 3.63. The molecule has 0 aromatic heterocycles. The third kappa shape index (κ3) is 5.45. The monoisotopic (exact) mass is 324 g/mol. The summed E-state index contributed by atoms with van der Waals surface area (Å²) >= 11 is 0. The molecule has 0 saturated carbocycles. The zero-order valence-corrected chi connectivity index (χ0v) is 13.9. The van der Waals surface area contributed by atoms with Crippen molar-refractivity contribution >= 4 is 17.6 Å². The molecule has 0 aliphatic carbocycles. The van der Waals surface area contributed by atoms with E-state index in [1.807, 2.05) is 6.92 Å². The topological polar surface area (TPSA) is 96.9 Å². The van der Waals surface area contributed by atoms with Crippen LogP contribution in [0.2, 0.25) is 0 Å². The van der Waals surface area contributed by atoms with E-state index < -0.39 is 18.1 Å². The SMILES string of the molecule is CCCC(NC(C)C(=O)Nc1ccc(OC)c(OC)c1)C(=O)O. The van der Waals surface area contributed by atoms with Crippen molar-refractivity contribution in [2.75, 3.05) is 19.5 Å². The van der Waals surface area contributed by atoms with Crippen LogP contribution in [0.3, 0.4) is 0 Å². The van der Waals surface area contributed by atoms with Crippen LogP contribution < -0.4 is 20.1 Å². The molecule has 0 radical (unpaired) electrons. The van der Waals surface area contributed by atoms with Crippen molar-refractivity contribution in [2.24, 2.45) is 0 Å². The first kappa shape index (κ1) is 18.8. The van der Waals surface area contributed by atoms with Gasteiger partial charge in [-0.15, -0.1) is 0 Å². The largest absolute Gasteiger partial charge is 0.493 e. The molecule has 3 N–H and O–H groups in total. The van der Waals surface area contributed by atoms with E-state index in [-0.39, 0.29) is 5.91 Å². The highest BCUT2D eigenvalue weighted by molar-refractivity contribution is 5.95. The lowest BCUT2D eigenvalue weighted by molar-refractivity contribution is -0.140. The lowest BCUT2D eigenvalue weighted by Gasteiger charge is -2.19. The molecule has 0 spiro atoms. The highest BCUT2D eigenvalue weighted by Gasteiger charge is 2.22. The normalized spacial score (nSPS) is 13.0. The average Bonchev–Trinajstić information content (AvgIpc) is 2.53. The molecule has 2 atom stereocenters. The second-order valence-corrected chi connectivity index (χ2v) is 5.13. The molecule has 2 unspecified atom stereocenters. The number of carboxylic acids is 1. The molecule has 0 saturated heterocycles. The minimum atomic E-state index is -0.961. The van der Waals surface area contributed by atoms with Crippen LogP contribution >= 0.6 is 0 Å². The van der Waals surface area contributed by atoms with Crippen molar-refractivity contribution in [3.05, 3.63) is 18.2 Å². The average molecular weight is 324 g/mol. The first-order valence-corrected chi connectivity index (χ1v) is 7.44. The van der Waals surface area contributed by atoms with Gasteiger partial charge in [-0.25, -0.2) is 0 Å². The molecule has 1 rings (SSSR count). The van der Waals surface area contributed by atoms with Crippen LogP contribution in [0.15, 0.2) is 18.2 Å². The summed E-state index contributed by atoms with van der Waals surface area (Å²) in [5.74, 6) is -0.219. The number of anilines is 1. The van der Waals surface area contributed by atoms with Crippen LogP contribution in [0.25, 0.3) is 0 Å². The third-order valence-electron chi connectivity index (χ3n) is 3.37. The number of carboxylic acid groups (broad SMARTS) is 1. The number of carbonyl (C=O) groups excluding carboxylic acids is 1. The Labute approximate surface area is 136 Å². The van der Waals surface area contributed by atoms with Gasteiger partial charge in [0.05, 0.1) is 20.3 Å². The number of rotatable bonds is 9. The molecule has 0 aliphatic rings. The lowest BCUT2D eigenvalue weighted by atomic mass is 10.1. The minimum Gasteiger partial charge on any atom is -0.493 e. The van der Waals surface area contributed by atoms with E-state index in [1.165, 1.54) is 14.2 Å². The Hall–Kier alpha value is -2.28. The number of nitrogens with one attached hydrogen (secondary N) is 2. The zero-order valence-electron chi connectivity index (χ0n) is 13.9. The maximum Gasteiger partial charge on any atom is 0.320 e. The number of ether oxygens (including phenoxy) is 2. The first-order valence-electron chi connectivity index (χ1n) is 7.44. The van der Waals surface area contributed by atoms with Crippen molar-refractivity contribution in [1.29, 1.82) is 0 Å². The highest BCUT2D eigenvalue weighted by atomic mass is 16.5. The van der Waals surface area contributed by atoms with Crippen LogP contribution in [0, 0.1) is 0 Å². The molecule has 0 fully saturated rings. The van der Waals surface area contributed by atoms with E-state index >= 15 is 0 Å². The summed E-state index contributed by atoms with van der Waals surface area (Å²) in [4.78, 5) is 23.3. The van der Waals surface area contributed by atoms with Gasteiger partial charge in [-0.1, -0.05) is 13.3 Å². The van der Waals surface area contributed by atoms with Crippen molar-refractivity contribution in [3.63, 3.8) is 0 Å². The predicted molar refractivity (Wildman–Crippen MR) is 87.1 cm³/mol. The van der Waals surface area contributed by atoms with Crippen LogP contribution in [-0.2, 0) is 9.59 Å². The van der Waals surface area contributed by atoms with Crippen LogP contribution in [-0.4, -0.2) is 43.3 Å². The smallest absolute Gasteiger partial charge is 0.320 e. The highest BCUT2D eigenvalue weighted by Crippen LogP contribution is 2.29. The maximum atomic E-state index is 12.2. The molecule has 128 valence electrons. The van der Waals surface area contributed by atoms with E-state index in [0.29, 0.717) is 30.0 Å². The van der Waals surface area contributed by atoms with Gasteiger partial charge in [0.2, 0.25) is 5.91 Å². The first-order chi connectivity index (χ1) is 10.9. The van der Waals surface area contributed by atoms with Crippen molar-refractivity contribution in [1.82, 2.24) is 5.32 Å². The number of hydrogen-bond donors (Lipinski definition) is 3. The predicted octanol–water partition coefficient (Wildman–Crippen LogP) is 1.87. The Morgan fingerprint density at radius 2 is 1.87 bits per heavy atom. The molecule has 1 aromatic carbocycles. The zero-order chi connectivity index (χ0) is 17.4. The van der Waals surface area contributed by atoms with Crippen molar-refractivity contribution in [2.45, 2.75) is 38.8 Å². The standard InChI is InChI=1S/C16H24N2O5/c1-5-6-12(16(20)21)17-10(2)15(19)18-11-7-8-13(22-3)14(9-11)23-4/h7-10,12,17H,5-6H2,1-4H3,(H,18,19)(H,20,21). The number of aliphatic carboxylic acids is 1. The quantitative estimate of drug-likeness (QED) is 0.642. The van der Waals surface area contributed by atoms with Gasteiger partial charge in [-0.2, -0.15) is 0 Å². The van der Waals surface area contributed by atoms with E-state index in [2.05, 4.69) is 10.6 Å². The molecular weight excluding hydrogens is 300 g/mol. The second kappa shape index (κ2) is 8.99. The van der Waals surface area contributed by atoms with E-state index in [9.17, 15) is 9.59 Å². The summed E-state index contributed by atoms with van der Waals surface area (Å²) in [6.45, 7) is 3.52. The molecule has 7 nitrogen and oxygen atoms in total. The van der Waals surface area contributed by atoms with E-state index in [0.717, 1.165) is 0 Å². The Morgan fingerprint density at radius 1 is 1.22 bits per heavy atom.